The van der Waals surface area contributed by atoms with Gasteiger partial charge in [-0.15, -0.1) is 0 Å². The largest absolute Gasteiger partial charge is 0.462 e. The molecule has 0 aromatic carbocycles. The van der Waals surface area contributed by atoms with Gasteiger partial charge < -0.3 is 14.2 Å². The summed E-state index contributed by atoms with van der Waals surface area (Å²) >= 11 is 0. The summed E-state index contributed by atoms with van der Waals surface area (Å²) < 4.78 is 16.9. The van der Waals surface area contributed by atoms with Crippen LogP contribution in [0.1, 0.15) is 342 Å². The molecule has 0 aromatic rings. The molecule has 0 N–H and O–H groups in total. The Morgan fingerprint density at radius 3 is 0.813 bits per heavy atom. The molecular weight excluding hydrogens is 925 g/mol. The molecule has 436 valence electrons. The fourth-order valence-electron chi connectivity index (χ4n) is 9.49. The molecule has 0 rings (SSSR count). The van der Waals surface area contributed by atoms with Crippen molar-refractivity contribution in [1.82, 2.24) is 0 Å². The molecule has 0 fully saturated rings. The molecule has 6 heteroatoms. The van der Waals surface area contributed by atoms with E-state index in [4.69, 9.17) is 14.2 Å². The summed E-state index contributed by atoms with van der Waals surface area (Å²) in [6, 6.07) is 0. The van der Waals surface area contributed by atoms with E-state index < -0.39 is 6.10 Å². The van der Waals surface area contributed by atoms with Crippen molar-refractivity contribution in [2.24, 2.45) is 0 Å². The minimum atomic E-state index is -0.779. The third kappa shape index (κ3) is 61.8. The lowest BCUT2D eigenvalue weighted by molar-refractivity contribution is -0.167. The second-order valence-electron chi connectivity index (χ2n) is 22.0. The highest BCUT2D eigenvalue weighted by atomic mass is 16.6. The van der Waals surface area contributed by atoms with Crippen molar-refractivity contribution in [3.05, 3.63) is 60.8 Å². The van der Waals surface area contributed by atoms with Crippen molar-refractivity contribution in [3.8, 4) is 0 Å². The van der Waals surface area contributed by atoms with Crippen LogP contribution in [0.5, 0.6) is 0 Å². The van der Waals surface area contributed by atoms with E-state index in [0.717, 1.165) is 89.9 Å². The number of hydrogen-bond donors (Lipinski definition) is 0. The average Bonchev–Trinajstić information content (AvgIpc) is 3.41. The molecule has 0 aromatic heterocycles. The molecule has 0 saturated carbocycles. The predicted octanol–water partition coefficient (Wildman–Crippen LogP) is 22.3. The van der Waals surface area contributed by atoms with Crippen molar-refractivity contribution in [1.29, 1.82) is 0 Å². The van der Waals surface area contributed by atoms with Crippen molar-refractivity contribution >= 4 is 17.9 Å². The summed E-state index contributed by atoms with van der Waals surface area (Å²) in [6.07, 6.45) is 81.1. The van der Waals surface area contributed by atoms with Gasteiger partial charge in [-0.3, -0.25) is 14.4 Å². The highest BCUT2D eigenvalue weighted by Crippen LogP contribution is 2.17. The van der Waals surface area contributed by atoms with Crippen LogP contribution in [0.25, 0.3) is 0 Å². The number of ether oxygens (including phenoxy) is 3. The monoisotopic (exact) mass is 1050 g/mol. The maximum absolute atomic E-state index is 12.8. The number of hydrogen-bond acceptors (Lipinski definition) is 6. The molecule has 0 bridgehead atoms. The second-order valence-corrected chi connectivity index (χ2v) is 22.0. The van der Waals surface area contributed by atoms with Gasteiger partial charge >= 0.3 is 17.9 Å². The Labute approximate surface area is 466 Å². The normalized spacial score (nSPS) is 12.4. The lowest BCUT2D eigenvalue weighted by Gasteiger charge is -2.18. The van der Waals surface area contributed by atoms with Crippen molar-refractivity contribution in [2.75, 3.05) is 13.2 Å². The molecule has 75 heavy (non-hydrogen) atoms. The van der Waals surface area contributed by atoms with Gasteiger partial charge in [0.2, 0.25) is 0 Å². The number of allylic oxidation sites excluding steroid dienone is 10. The fourth-order valence-corrected chi connectivity index (χ4v) is 9.49. The molecule has 0 aliphatic carbocycles. The summed E-state index contributed by atoms with van der Waals surface area (Å²) in [6.45, 7) is 6.59. The number of esters is 3. The predicted molar refractivity (Wildman–Crippen MR) is 325 cm³/mol. The van der Waals surface area contributed by atoms with Crippen molar-refractivity contribution < 1.29 is 28.6 Å². The van der Waals surface area contributed by atoms with Gasteiger partial charge in [-0.2, -0.15) is 0 Å². The zero-order valence-electron chi connectivity index (χ0n) is 50.1. The smallest absolute Gasteiger partial charge is 0.306 e. The van der Waals surface area contributed by atoms with Crippen LogP contribution in [0.3, 0.4) is 0 Å². The molecular formula is C69H124O6. The Morgan fingerprint density at radius 1 is 0.267 bits per heavy atom. The maximum atomic E-state index is 12.8. The summed E-state index contributed by atoms with van der Waals surface area (Å²) in [5, 5.41) is 0. The molecule has 0 radical (unpaired) electrons. The maximum Gasteiger partial charge on any atom is 0.306 e. The first kappa shape index (κ1) is 72.1. The van der Waals surface area contributed by atoms with Crippen molar-refractivity contribution in [2.45, 2.75) is 348 Å². The highest BCUT2D eigenvalue weighted by Gasteiger charge is 2.19. The zero-order chi connectivity index (χ0) is 54.3. The van der Waals surface area contributed by atoms with E-state index in [-0.39, 0.29) is 31.1 Å². The Morgan fingerprint density at radius 2 is 0.493 bits per heavy atom. The third-order valence-electron chi connectivity index (χ3n) is 14.5. The molecule has 6 nitrogen and oxygen atoms in total. The van der Waals surface area contributed by atoms with Crippen LogP contribution in [0, 0.1) is 0 Å². The van der Waals surface area contributed by atoms with Gasteiger partial charge in [0.25, 0.3) is 0 Å². The summed E-state index contributed by atoms with van der Waals surface area (Å²) in [4.78, 5) is 38.1. The molecule has 1 unspecified atom stereocenters. The zero-order valence-corrected chi connectivity index (χ0v) is 50.1. The van der Waals surface area contributed by atoms with E-state index in [9.17, 15) is 14.4 Å². The quantitative estimate of drug-likeness (QED) is 0.0261. The highest BCUT2D eigenvalue weighted by molar-refractivity contribution is 5.71. The minimum absolute atomic E-state index is 0.0770. The van der Waals surface area contributed by atoms with Crippen molar-refractivity contribution in [3.63, 3.8) is 0 Å². The fraction of sp³-hybridized carbons (Fsp3) is 0.812. The van der Waals surface area contributed by atoms with Gasteiger partial charge in [-0.1, -0.05) is 281 Å². The van der Waals surface area contributed by atoms with Crippen LogP contribution < -0.4 is 0 Å². The van der Waals surface area contributed by atoms with Gasteiger partial charge in [0.05, 0.1) is 0 Å². The lowest BCUT2D eigenvalue weighted by atomic mass is 10.0. The Balaban J connectivity index is 4.06. The topological polar surface area (TPSA) is 78.9 Å². The first-order valence-electron chi connectivity index (χ1n) is 32.8. The van der Waals surface area contributed by atoms with Crippen LogP contribution in [0.4, 0.5) is 0 Å². The van der Waals surface area contributed by atoms with E-state index in [1.54, 1.807) is 0 Å². The molecule has 0 amide bonds. The van der Waals surface area contributed by atoms with E-state index in [1.165, 1.54) is 212 Å². The van der Waals surface area contributed by atoms with E-state index in [1.807, 2.05) is 0 Å². The summed E-state index contributed by atoms with van der Waals surface area (Å²) in [7, 11) is 0. The molecule has 0 spiro atoms. The Kier molecular flexibility index (Phi) is 61.2. The Bertz CT molecular complexity index is 1340. The third-order valence-corrected chi connectivity index (χ3v) is 14.5. The summed E-state index contributed by atoms with van der Waals surface area (Å²) in [5.74, 6) is -0.882. The summed E-state index contributed by atoms with van der Waals surface area (Å²) in [5.41, 5.74) is 0. The van der Waals surface area contributed by atoms with Crippen LogP contribution in [-0.4, -0.2) is 37.2 Å². The lowest BCUT2D eigenvalue weighted by Crippen LogP contribution is -2.30. The number of carbonyl (C=O) groups is 3. The van der Waals surface area contributed by atoms with E-state index in [2.05, 4.69) is 81.5 Å². The first-order valence-corrected chi connectivity index (χ1v) is 32.8. The standard InChI is InChI=1S/C69H124O6/c1-4-7-10-13-16-19-22-24-25-26-27-28-29-30-31-32-33-34-35-36-37-38-39-40-41-42-43-45-47-50-53-56-59-62-68(71)74-65-66(64-73-67(70)61-58-55-52-49-46-21-18-15-12-9-6-3)75-69(72)63-60-57-54-51-48-44-23-20-17-14-11-8-5-2/h15,18,20,22-24,26-27,29-30,66H,4-14,16-17,19,21,25,28,31-65H2,1-3H3/b18-15-,23-20-,24-22-,27-26-,30-29-. The van der Waals surface area contributed by atoms with Crippen LogP contribution in [0.2, 0.25) is 0 Å². The molecule has 0 aliphatic heterocycles. The van der Waals surface area contributed by atoms with E-state index in [0.29, 0.717) is 19.3 Å². The van der Waals surface area contributed by atoms with Gasteiger partial charge in [0.1, 0.15) is 13.2 Å². The van der Waals surface area contributed by atoms with Crippen LogP contribution in [0.15, 0.2) is 60.8 Å². The Hall–Kier alpha value is -2.89. The van der Waals surface area contributed by atoms with Gasteiger partial charge in [0, 0.05) is 19.3 Å². The van der Waals surface area contributed by atoms with Crippen LogP contribution >= 0.6 is 0 Å². The second kappa shape index (κ2) is 63.6. The molecule has 0 aliphatic rings. The molecule has 0 heterocycles. The number of unbranched alkanes of at least 4 members (excludes halogenated alkanes) is 39. The number of rotatable bonds is 60. The van der Waals surface area contributed by atoms with Gasteiger partial charge in [0.15, 0.2) is 6.10 Å². The molecule has 0 saturated heterocycles. The first-order chi connectivity index (χ1) is 37.0. The SMILES string of the molecule is CCCC/C=C\CCCCCCCC(=O)OCC(COC(=O)CCCCCCCCCCCCCCCCCCCC/C=C\C/C=C\C/C=C\CCCCCCC)OC(=O)CCCCCCC/C=C\CCCCCC. The molecule has 1 atom stereocenters. The van der Waals surface area contributed by atoms with Gasteiger partial charge in [-0.05, 0) is 103 Å². The van der Waals surface area contributed by atoms with E-state index >= 15 is 0 Å². The minimum Gasteiger partial charge on any atom is -0.462 e. The van der Waals surface area contributed by atoms with Gasteiger partial charge in [-0.25, -0.2) is 0 Å². The number of carbonyl (C=O) groups excluding carboxylic acids is 3. The average molecular weight is 1050 g/mol. The van der Waals surface area contributed by atoms with Crippen LogP contribution in [-0.2, 0) is 28.6 Å².